The van der Waals surface area contributed by atoms with Crippen LogP contribution in [-0.4, -0.2) is 26.6 Å². The molecule has 0 aliphatic rings. The average molecular weight is 284 g/mol. The van der Waals surface area contributed by atoms with Crippen LogP contribution in [0.5, 0.6) is 0 Å². The first-order valence-corrected chi connectivity index (χ1v) is 6.90. The van der Waals surface area contributed by atoms with E-state index in [0.717, 1.165) is 27.8 Å². The first kappa shape index (κ1) is 12.5. The predicted molar refractivity (Wildman–Crippen MR) is 81.0 cm³/mol. The van der Waals surface area contributed by atoms with Gasteiger partial charge in [-0.25, -0.2) is 4.99 Å². The average Bonchev–Trinajstić information content (AvgIpc) is 3.11. The van der Waals surface area contributed by atoms with E-state index in [2.05, 4.69) is 30.7 Å². The highest BCUT2D eigenvalue weighted by molar-refractivity contribution is 7.13. The number of hydrogen-bond donors (Lipinski definition) is 2. The van der Waals surface area contributed by atoms with E-state index >= 15 is 0 Å². The fourth-order valence-corrected chi connectivity index (χ4v) is 2.30. The van der Waals surface area contributed by atoms with Crippen molar-refractivity contribution in [3.05, 3.63) is 36.0 Å². The number of aliphatic imine (C=N–C) groups is 1. The maximum absolute atomic E-state index is 4.26. The third-order valence-corrected chi connectivity index (χ3v) is 3.27. The molecule has 0 unspecified atom stereocenters. The van der Waals surface area contributed by atoms with Gasteiger partial charge in [0, 0.05) is 17.5 Å². The van der Waals surface area contributed by atoms with E-state index in [1.54, 1.807) is 17.9 Å². The largest absolute Gasteiger partial charge is 0.330 e. The Bertz CT molecular complexity index is 716. The molecular weight excluding hydrogens is 272 g/mol. The van der Waals surface area contributed by atoms with Crippen molar-refractivity contribution in [2.75, 3.05) is 5.32 Å². The minimum atomic E-state index is 0.751. The maximum atomic E-state index is 4.26. The van der Waals surface area contributed by atoms with E-state index in [1.165, 1.54) is 11.3 Å². The molecule has 0 fully saturated rings. The van der Waals surface area contributed by atoms with Gasteiger partial charge in [-0.2, -0.15) is 5.10 Å². The normalized spacial score (nSPS) is 11.1. The van der Waals surface area contributed by atoms with E-state index < -0.39 is 0 Å². The summed E-state index contributed by atoms with van der Waals surface area (Å²) < 4.78 is 0. The fraction of sp³-hybridized carbons (Fsp3) is 0.0769. The number of aromatic amines is 1. The molecule has 0 amide bonds. The van der Waals surface area contributed by atoms with Gasteiger partial charge in [-0.05, 0) is 24.6 Å². The van der Waals surface area contributed by atoms with Gasteiger partial charge in [0.25, 0.3) is 0 Å². The number of nitrogens with one attached hydrogen (secondary N) is 2. The summed E-state index contributed by atoms with van der Waals surface area (Å²) in [5.41, 5.74) is 4.64. The first-order chi connectivity index (χ1) is 9.86. The van der Waals surface area contributed by atoms with Crippen LogP contribution < -0.4 is 5.32 Å². The molecule has 6 nitrogen and oxygen atoms in total. The van der Waals surface area contributed by atoms with Crippen molar-refractivity contribution in [2.24, 2.45) is 4.99 Å². The van der Waals surface area contributed by atoms with E-state index in [4.69, 9.17) is 0 Å². The van der Waals surface area contributed by atoms with Crippen LogP contribution in [-0.2, 0) is 0 Å². The highest BCUT2D eigenvalue weighted by atomic mass is 32.1. The zero-order valence-electron chi connectivity index (χ0n) is 10.7. The molecule has 100 valence electrons. The molecule has 20 heavy (non-hydrogen) atoms. The van der Waals surface area contributed by atoms with Crippen LogP contribution in [0, 0.1) is 0 Å². The lowest BCUT2D eigenvalue weighted by molar-refractivity contribution is 1.08. The summed E-state index contributed by atoms with van der Waals surface area (Å²) in [6.07, 6.45) is 3.51. The molecule has 7 heteroatoms. The minimum absolute atomic E-state index is 0.751. The number of aromatic nitrogens is 4. The third-order valence-electron chi connectivity index (χ3n) is 2.66. The molecule has 2 aromatic heterocycles. The lowest BCUT2D eigenvalue weighted by Crippen LogP contribution is -1.89. The molecule has 0 aliphatic heterocycles. The molecule has 2 heterocycles. The van der Waals surface area contributed by atoms with Crippen LogP contribution in [0.25, 0.3) is 11.1 Å². The zero-order valence-corrected chi connectivity index (χ0v) is 11.6. The molecule has 0 saturated carbocycles. The molecule has 0 aliphatic carbocycles. The van der Waals surface area contributed by atoms with Crippen molar-refractivity contribution in [3.8, 4) is 11.1 Å². The molecule has 1 aromatic carbocycles. The Morgan fingerprint density at radius 2 is 2.35 bits per heavy atom. The Labute approximate surface area is 119 Å². The van der Waals surface area contributed by atoms with Crippen LogP contribution in [0.3, 0.4) is 0 Å². The van der Waals surface area contributed by atoms with Gasteiger partial charge < -0.3 is 5.32 Å². The summed E-state index contributed by atoms with van der Waals surface area (Å²) in [5.74, 6) is 0.751. The SMILES string of the molecule is C/C=N\c1[nH]ncc1-c1cccc(Nc2nncs2)c1. The summed E-state index contributed by atoms with van der Waals surface area (Å²) in [4.78, 5) is 4.26. The standard InChI is InChI=1S/C13H12N6S/c1-2-14-12-11(7-15-18-12)9-4-3-5-10(6-9)17-13-19-16-8-20-13/h2-8H,1H3,(H,15,18)(H,17,19)/b14-2-. The van der Waals surface area contributed by atoms with Crippen molar-refractivity contribution >= 4 is 34.2 Å². The Morgan fingerprint density at radius 3 is 3.15 bits per heavy atom. The van der Waals surface area contributed by atoms with Crippen LogP contribution in [0.1, 0.15) is 6.92 Å². The van der Waals surface area contributed by atoms with E-state index in [-0.39, 0.29) is 0 Å². The molecular formula is C13H12N6S. The molecule has 0 saturated heterocycles. The van der Waals surface area contributed by atoms with Gasteiger partial charge >= 0.3 is 0 Å². The summed E-state index contributed by atoms with van der Waals surface area (Å²) in [6, 6.07) is 8.00. The Morgan fingerprint density at radius 1 is 1.40 bits per heavy atom. The Hall–Kier alpha value is -2.54. The second-order valence-electron chi connectivity index (χ2n) is 3.97. The van der Waals surface area contributed by atoms with E-state index in [1.807, 2.05) is 31.2 Å². The molecule has 3 aromatic rings. The number of anilines is 2. The summed E-state index contributed by atoms with van der Waals surface area (Å²) in [7, 11) is 0. The molecule has 3 rings (SSSR count). The van der Waals surface area contributed by atoms with E-state index in [0.29, 0.717) is 0 Å². The van der Waals surface area contributed by atoms with Gasteiger partial charge in [-0.1, -0.05) is 23.5 Å². The van der Waals surface area contributed by atoms with Gasteiger partial charge in [0.05, 0.1) is 6.20 Å². The zero-order chi connectivity index (χ0) is 13.8. The maximum Gasteiger partial charge on any atom is 0.209 e. The van der Waals surface area contributed by atoms with Gasteiger partial charge in [-0.15, -0.1) is 10.2 Å². The molecule has 2 N–H and O–H groups in total. The number of nitrogens with zero attached hydrogens (tertiary/aromatic N) is 4. The second-order valence-corrected chi connectivity index (χ2v) is 4.80. The summed E-state index contributed by atoms with van der Waals surface area (Å²) in [5, 5.41) is 18.7. The number of benzene rings is 1. The van der Waals surface area contributed by atoms with Crippen molar-refractivity contribution in [2.45, 2.75) is 6.92 Å². The molecule has 0 spiro atoms. The quantitative estimate of drug-likeness (QED) is 0.720. The van der Waals surface area contributed by atoms with Crippen LogP contribution in [0.2, 0.25) is 0 Å². The van der Waals surface area contributed by atoms with E-state index in [9.17, 15) is 0 Å². The summed E-state index contributed by atoms with van der Waals surface area (Å²) in [6.45, 7) is 1.87. The molecule has 0 radical (unpaired) electrons. The smallest absolute Gasteiger partial charge is 0.209 e. The molecule has 0 bridgehead atoms. The van der Waals surface area contributed by atoms with Gasteiger partial charge in [-0.3, -0.25) is 5.10 Å². The van der Waals surface area contributed by atoms with Crippen LogP contribution in [0.15, 0.2) is 41.0 Å². The first-order valence-electron chi connectivity index (χ1n) is 6.02. The highest BCUT2D eigenvalue weighted by Gasteiger charge is 2.07. The monoisotopic (exact) mass is 284 g/mol. The fourth-order valence-electron chi connectivity index (χ4n) is 1.83. The van der Waals surface area contributed by atoms with Gasteiger partial charge in [0.1, 0.15) is 5.51 Å². The predicted octanol–water partition coefficient (Wildman–Crippen LogP) is 3.39. The topological polar surface area (TPSA) is 78.9 Å². The number of H-pyrrole nitrogens is 1. The third kappa shape index (κ3) is 2.57. The van der Waals surface area contributed by atoms with Crippen molar-refractivity contribution in [3.63, 3.8) is 0 Å². The van der Waals surface area contributed by atoms with Crippen molar-refractivity contribution in [1.82, 2.24) is 20.4 Å². The van der Waals surface area contributed by atoms with Crippen LogP contribution in [0.4, 0.5) is 16.6 Å². The minimum Gasteiger partial charge on any atom is -0.330 e. The Kier molecular flexibility index (Phi) is 3.51. The number of rotatable bonds is 4. The highest BCUT2D eigenvalue weighted by Crippen LogP contribution is 2.30. The Balaban J connectivity index is 1.92. The van der Waals surface area contributed by atoms with Gasteiger partial charge in [0.2, 0.25) is 5.13 Å². The van der Waals surface area contributed by atoms with Crippen molar-refractivity contribution < 1.29 is 0 Å². The van der Waals surface area contributed by atoms with Crippen molar-refractivity contribution in [1.29, 1.82) is 0 Å². The lowest BCUT2D eigenvalue weighted by Gasteiger charge is -2.05. The van der Waals surface area contributed by atoms with Crippen LogP contribution >= 0.6 is 11.3 Å². The number of hydrogen-bond acceptors (Lipinski definition) is 6. The summed E-state index contributed by atoms with van der Waals surface area (Å²) >= 11 is 1.46. The lowest BCUT2D eigenvalue weighted by atomic mass is 10.1. The van der Waals surface area contributed by atoms with Gasteiger partial charge in [0.15, 0.2) is 5.82 Å². The second kappa shape index (κ2) is 5.62. The molecule has 0 atom stereocenters.